The number of nitrogens with zero attached hydrogens (tertiary/aromatic N) is 2. The van der Waals surface area contributed by atoms with E-state index in [2.05, 4.69) is 41.6 Å². The summed E-state index contributed by atoms with van der Waals surface area (Å²) in [4.78, 5) is 29.2. The maximum Gasteiger partial charge on any atom is 0.414 e. The van der Waals surface area contributed by atoms with E-state index in [0.29, 0.717) is 17.0 Å². The number of anilines is 1. The molecule has 34 heavy (non-hydrogen) atoms. The number of carbonyl (C=O) groups is 2. The van der Waals surface area contributed by atoms with Gasteiger partial charge in [-0.05, 0) is 36.1 Å². The van der Waals surface area contributed by atoms with Crippen molar-refractivity contribution in [1.29, 1.82) is 0 Å². The van der Waals surface area contributed by atoms with Crippen molar-refractivity contribution in [1.82, 2.24) is 15.2 Å². The fourth-order valence-electron chi connectivity index (χ4n) is 5.07. The first-order valence-corrected chi connectivity index (χ1v) is 11.4. The first kappa shape index (κ1) is 24.0. The zero-order valence-electron chi connectivity index (χ0n) is 19.4. The molecule has 2 heterocycles. The molecular formula is C25H29F3N4O2. The lowest BCUT2D eigenvalue weighted by Gasteiger charge is -2.33. The van der Waals surface area contributed by atoms with Crippen molar-refractivity contribution in [3.05, 3.63) is 59.4 Å². The molecule has 1 saturated heterocycles. The maximum absolute atomic E-state index is 14.0. The molecule has 1 aliphatic carbocycles. The van der Waals surface area contributed by atoms with Crippen LogP contribution < -0.4 is 10.6 Å². The Morgan fingerprint density at radius 2 is 1.94 bits per heavy atom. The van der Waals surface area contributed by atoms with Gasteiger partial charge in [-0.1, -0.05) is 38.1 Å². The summed E-state index contributed by atoms with van der Waals surface area (Å²) in [5.74, 6) is -1.80. The van der Waals surface area contributed by atoms with E-state index in [4.69, 9.17) is 0 Å². The Hall–Kier alpha value is -3.10. The third-order valence-corrected chi connectivity index (χ3v) is 7.06. The Morgan fingerprint density at radius 3 is 2.56 bits per heavy atom. The molecular weight excluding hydrogens is 445 g/mol. The van der Waals surface area contributed by atoms with Crippen molar-refractivity contribution in [2.75, 3.05) is 18.9 Å². The molecule has 2 N–H and O–H groups in total. The molecule has 6 nitrogen and oxygen atoms in total. The van der Waals surface area contributed by atoms with Crippen LogP contribution in [-0.4, -0.2) is 47.5 Å². The van der Waals surface area contributed by atoms with Crippen LogP contribution in [0.2, 0.25) is 0 Å². The number of hydrogen-bond acceptors (Lipinski definition) is 4. The number of benzene rings is 1. The van der Waals surface area contributed by atoms with Gasteiger partial charge in [0, 0.05) is 37.4 Å². The number of nitrogens with one attached hydrogen (secondary N) is 2. The number of carbonyl (C=O) groups excluding carboxylic acids is 2. The first-order valence-electron chi connectivity index (χ1n) is 11.4. The van der Waals surface area contributed by atoms with Gasteiger partial charge in [0.05, 0.1) is 17.6 Å². The molecule has 3 atom stereocenters. The van der Waals surface area contributed by atoms with E-state index in [1.807, 2.05) is 12.1 Å². The van der Waals surface area contributed by atoms with Gasteiger partial charge >= 0.3 is 6.18 Å². The summed E-state index contributed by atoms with van der Waals surface area (Å²) in [6, 6.07) is 8.98. The molecule has 1 fully saturated rings. The summed E-state index contributed by atoms with van der Waals surface area (Å²) in [6.45, 7) is 4.56. The lowest BCUT2D eigenvalue weighted by molar-refractivity contribution is -0.191. The van der Waals surface area contributed by atoms with Crippen LogP contribution in [0, 0.1) is 5.92 Å². The molecule has 0 bridgehead atoms. The van der Waals surface area contributed by atoms with E-state index >= 15 is 0 Å². The lowest BCUT2D eigenvalue weighted by Crippen LogP contribution is -2.46. The summed E-state index contributed by atoms with van der Waals surface area (Å²) in [7, 11) is 1.12. The van der Waals surface area contributed by atoms with Crippen molar-refractivity contribution in [3.63, 3.8) is 0 Å². The molecule has 2 aliphatic rings. The van der Waals surface area contributed by atoms with Crippen LogP contribution in [0.3, 0.4) is 0 Å². The molecule has 0 radical (unpaired) electrons. The molecule has 2 amide bonds. The molecule has 1 aromatic carbocycles. The van der Waals surface area contributed by atoms with Crippen molar-refractivity contribution in [3.8, 4) is 0 Å². The molecule has 1 aliphatic heterocycles. The number of alkyl halides is 3. The van der Waals surface area contributed by atoms with Crippen LogP contribution in [0.25, 0.3) is 0 Å². The van der Waals surface area contributed by atoms with Gasteiger partial charge < -0.3 is 15.5 Å². The van der Waals surface area contributed by atoms with E-state index < -0.39 is 24.0 Å². The zero-order valence-corrected chi connectivity index (χ0v) is 19.4. The van der Waals surface area contributed by atoms with Gasteiger partial charge in [-0.3, -0.25) is 14.6 Å². The van der Waals surface area contributed by atoms with Gasteiger partial charge in [-0.15, -0.1) is 0 Å². The normalized spacial score (nSPS) is 22.5. The second-order valence-electron chi connectivity index (χ2n) is 9.68. The summed E-state index contributed by atoms with van der Waals surface area (Å²) < 4.78 is 42.0. The molecule has 2 aromatic rings. The first-order chi connectivity index (χ1) is 16.0. The summed E-state index contributed by atoms with van der Waals surface area (Å²) >= 11 is 0. The number of fused-ring (bicyclic) bond motifs is 1. The lowest BCUT2D eigenvalue weighted by atomic mass is 9.83. The molecule has 0 saturated carbocycles. The van der Waals surface area contributed by atoms with Crippen LogP contribution in [0.4, 0.5) is 18.9 Å². The monoisotopic (exact) mass is 474 g/mol. The maximum atomic E-state index is 14.0. The molecule has 1 aromatic heterocycles. The minimum Gasteiger partial charge on any atom is -0.380 e. The van der Waals surface area contributed by atoms with E-state index in [9.17, 15) is 22.8 Å². The van der Waals surface area contributed by atoms with Crippen LogP contribution >= 0.6 is 0 Å². The number of amides is 2. The largest absolute Gasteiger partial charge is 0.414 e. The van der Waals surface area contributed by atoms with Crippen molar-refractivity contribution >= 4 is 17.5 Å². The quantitative estimate of drug-likeness (QED) is 0.688. The zero-order chi connectivity index (χ0) is 24.7. The van der Waals surface area contributed by atoms with Gasteiger partial charge in [-0.25, -0.2) is 0 Å². The topological polar surface area (TPSA) is 74.3 Å². The van der Waals surface area contributed by atoms with Gasteiger partial charge in [0.1, 0.15) is 0 Å². The molecule has 182 valence electrons. The highest BCUT2D eigenvalue weighted by atomic mass is 19.4. The second-order valence-corrected chi connectivity index (χ2v) is 9.68. The SMILES string of the molecule is CN(C(=O)C1CCNC(=O)C1)C(c1ccc(NC2Cc3ccccc3C2(C)C)cn1)C(F)(F)F. The smallest absolute Gasteiger partial charge is 0.380 e. The third-order valence-electron chi connectivity index (χ3n) is 7.06. The minimum absolute atomic E-state index is 0.0673. The standard InChI is InChI=1S/C25H29F3N4O2/c1-24(2)18-7-5-4-6-15(18)12-20(24)31-17-8-9-19(30-14-17)22(25(26,27)28)32(3)23(34)16-10-11-29-21(33)13-16/h4-9,14,16,20,22,31H,10-13H2,1-3H3,(H,29,33). The Balaban J connectivity index is 1.51. The van der Waals surface area contributed by atoms with Crippen molar-refractivity contribution in [2.24, 2.45) is 5.92 Å². The molecule has 9 heteroatoms. The fourth-order valence-corrected chi connectivity index (χ4v) is 5.07. The predicted octanol–water partition coefficient (Wildman–Crippen LogP) is 3.98. The molecule has 3 unspecified atom stereocenters. The third kappa shape index (κ3) is 4.60. The average Bonchev–Trinajstić information content (AvgIpc) is 3.03. The predicted molar refractivity (Wildman–Crippen MR) is 122 cm³/mol. The van der Waals surface area contributed by atoms with Gasteiger partial charge in [0.2, 0.25) is 11.8 Å². The van der Waals surface area contributed by atoms with E-state index in [1.165, 1.54) is 23.4 Å². The Morgan fingerprint density at radius 1 is 1.21 bits per heavy atom. The highest BCUT2D eigenvalue weighted by molar-refractivity contribution is 5.87. The number of piperidine rings is 1. The second kappa shape index (κ2) is 8.92. The average molecular weight is 475 g/mol. The highest BCUT2D eigenvalue weighted by Crippen LogP contribution is 2.41. The van der Waals surface area contributed by atoms with Crippen LogP contribution in [0.5, 0.6) is 0 Å². The summed E-state index contributed by atoms with van der Waals surface area (Å²) in [5, 5.41) is 6.02. The summed E-state index contributed by atoms with van der Waals surface area (Å²) in [6.07, 6.45) is -2.31. The Bertz CT molecular complexity index is 1070. The fraction of sp³-hybridized carbons (Fsp3) is 0.480. The minimum atomic E-state index is -4.71. The van der Waals surface area contributed by atoms with E-state index in [0.717, 1.165) is 13.5 Å². The number of hydrogen-bond donors (Lipinski definition) is 2. The van der Waals surface area contributed by atoms with Crippen molar-refractivity contribution < 1.29 is 22.8 Å². The van der Waals surface area contributed by atoms with Crippen LogP contribution in [-0.2, 0) is 21.4 Å². The van der Waals surface area contributed by atoms with E-state index in [1.54, 1.807) is 6.07 Å². The van der Waals surface area contributed by atoms with Gasteiger partial charge in [0.15, 0.2) is 6.04 Å². The van der Waals surface area contributed by atoms with Crippen LogP contribution in [0.1, 0.15) is 49.6 Å². The number of pyridine rings is 1. The highest BCUT2D eigenvalue weighted by Gasteiger charge is 2.47. The Kier molecular flexibility index (Phi) is 6.31. The number of aromatic nitrogens is 1. The van der Waals surface area contributed by atoms with E-state index in [-0.39, 0.29) is 36.0 Å². The number of rotatable bonds is 5. The number of halogens is 3. The van der Waals surface area contributed by atoms with Gasteiger partial charge in [0.25, 0.3) is 0 Å². The molecule has 4 rings (SSSR count). The van der Waals surface area contributed by atoms with Gasteiger partial charge in [-0.2, -0.15) is 13.2 Å². The molecule has 0 spiro atoms. The van der Waals surface area contributed by atoms with Crippen LogP contribution in [0.15, 0.2) is 42.6 Å². The Labute approximate surface area is 196 Å². The summed E-state index contributed by atoms with van der Waals surface area (Å²) in [5.41, 5.74) is 2.72. The van der Waals surface area contributed by atoms with Crippen molar-refractivity contribution in [2.45, 2.75) is 56.8 Å².